The zero-order valence-corrected chi connectivity index (χ0v) is 19.7. The van der Waals surface area contributed by atoms with Crippen LogP contribution in [-0.4, -0.2) is 43.3 Å². The topological polar surface area (TPSA) is 117 Å². The molecule has 0 aliphatic carbocycles. The summed E-state index contributed by atoms with van der Waals surface area (Å²) in [5.41, 5.74) is 5.16. The molecule has 32 heavy (non-hydrogen) atoms. The molecule has 0 fully saturated rings. The van der Waals surface area contributed by atoms with Crippen molar-refractivity contribution in [3.63, 3.8) is 0 Å². The van der Waals surface area contributed by atoms with E-state index in [4.69, 9.17) is 26.8 Å². The van der Waals surface area contributed by atoms with Gasteiger partial charge in [0.05, 0.1) is 18.2 Å². The molecule has 9 heteroatoms. The Morgan fingerprint density at radius 3 is 2.56 bits per heavy atom. The first-order valence-electron chi connectivity index (χ1n) is 10.3. The lowest BCUT2D eigenvalue weighted by atomic mass is 10.1. The summed E-state index contributed by atoms with van der Waals surface area (Å²) in [6.07, 6.45) is 1.20. The molecule has 1 aromatic carbocycles. The second-order valence-corrected chi connectivity index (χ2v) is 8.44. The van der Waals surface area contributed by atoms with Crippen LogP contribution in [0.25, 0.3) is 0 Å². The number of alkyl carbamates (subject to hydrolysis) is 1. The van der Waals surface area contributed by atoms with Gasteiger partial charge in [-0.25, -0.2) is 4.79 Å². The molecule has 3 N–H and O–H groups in total. The molecule has 1 rings (SSSR count). The zero-order chi connectivity index (χ0) is 24.1. The van der Waals surface area contributed by atoms with E-state index in [1.54, 1.807) is 39.0 Å². The van der Waals surface area contributed by atoms with Crippen LogP contribution in [0.2, 0.25) is 5.02 Å². The normalized spacial score (nSPS) is 11.5. The van der Waals surface area contributed by atoms with Crippen molar-refractivity contribution >= 4 is 29.6 Å². The summed E-state index contributed by atoms with van der Waals surface area (Å²) in [6.45, 7) is 5.37. The standard InChI is InChI=1S/C23H31ClN2O6/c1-23(2,3)32-22(29)26-17(10-13-20(25)27)15-31-18-11-12-19(24)16(14-18)8-6-5-7-9-21(28)30-4/h11-12,14,17H,5,7,9-10,13,15H2,1-4H3,(H2,25,27)(H,26,29)/t17-/m0/s1. The molecule has 0 spiro atoms. The lowest BCUT2D eigenvalue weighted by Crippen LogP contribution is -2.42. The Hall–Kier alpha value is -2.92. The Bertz CT molecular complexity index is 854. The van der Waals surface area contributed by atoms with Crippen LogP contribution in [0.5, 0.6) is 5.75 Å². The smallest absolute Gasteiger partial charge is 0.407 e. The van der Waals surface area contributed by atoms with Crippen molar-refractivity contribution in [2.75, 3.05) is 13.7 Å². The average molecular weight is 467 g/mol. The Kier molecular flexibility index (Phi) is 11.4. The number of hydrogen-bond donors (Lipinski definition) is 2. The lowest BCUT2D eigenvalue weighted by molar-refractivity contribution is -0.140. The molecule has 0 bridgehead atoms. The number of carbonyl (C=O) groups excluding carboxylic acids is 3. The molecule has 1 aromatic rings. The zero-order valence-electron chi connectivity index (χ0n) is 19.0. The van der Waals surface area contributed by atoms with Gasteiger partial charge in [0.1, 0.15) is 18.0 Å². The van der Waals surface area contributed by atoms with Gasteiger partial charge in [-0.15, -0.1) is 0 Å². The number of esters is 1. The number of nitrogens with one attached hydrogen (secondary N) is 1. The van der Waals surface area contributed by atoms with Crippen LogP contribution in [0.3, 0.4) is 0 Å². The first-order chi connectivity index (χ1) is 15.0. The fourth-order valence-corrected chi connectivity index (χ4v) is 2.62. The van der Waals surface area contributed by atoms with E-state index in [1.165, 1.54) is 7.11 Å². The van der Waals surface area contributed by atoms with Crippen LogP contribution in [0.1, 0.15) is 58.4 Å². The van der Waals surface area contributed by atoms with Crippen molar-refractivity contribution in [1.82, 2.24) is 5.32 Å². The fourth-order valence-electron chi connectivity index (χ4n) is 2.46. The number of rotatable bonds is 10. The average Bonchev–Trinajstić information content (AvgIpc) is 2.69. The summed E-state index contributed by atoms with van der Waals surface area (Å²) in [5, 5.41) is 3.17. The first-order valence-corrected chi connectivity index (χ1v) is 10.6. The number of amides is 2. The molecule has 8 nitrogen and oxygen atoms in total. The summed E-state index contributed by atoms with van der Waals surface area (Å²) < 4.78 is 15.6. The van der Waals surface area contributed by atoms with Gasteiger partial charge in [-0.3, -0.25) is 9.59 Å². The number of halogens is 1. The van der Waals surface area contributed by atoms with Crippen LogP contribution in [0.4, 0.5) is 4.79 Å². The van der Waals surface area contributed by atoms with Crippen LogP contribution in [0, 0.1) is 11.8 Å². The van der Waals surface area contributed by atoms with E-state index in [2.05, 4.69) is 21.9 Å². The quantitative estimate of drug-likeness (QED) is 0.309. The summed E-state index contributed by atoms with van der Waals surface area (Å²) in [6, 6.07) is 4.55. The summed E-state index contributed by atoms with van der Waals surface area (Å²) in [4.78, 5) is 34.4. The number of hydrogen-bond acceptors (Lipinski definition) is 6. The van der Waals surface area contributed by atoms with Gasteiger partial charge in [0.2, 0.25) is 5.91 Å². The van der Waals surface area contributed by atoms with Gasteiger partial charge in [-0.05, 0) is 51.8 Å². The number of carbonyl (C=O) groups is 3. The van der Waals surface area contributed by atoms with Crippen LogP contribution >= 0.6 is 11.6 Å². The highest BCUT2D eigenvalue weighted by Gasteiger charge is 2.20. The van der Waals surface area contributed by atoms with Crippen molar-refractivity contribution in [1.29, 1.82) is 0 Å². The third kappa shape index (κ3) is 12.1. The SMILES string of the molecule is COC(=O)CCCC#Cc1cc(OC[C@H](CCC(N)=O)NC(=O)OC(C)(C)C)ccc1Cl. The van der Waals surface area contributed by atoms with E-state index in [0.29, 0.717) is 42.0 Å². The van der Waals surface area contributed by atoms with E-state index >= 15 is 0 Å². The number of nitrogens with two attached hydrogens (primary N) is 1. The molecule has 1 atom stereocenters. The number of ether oxygens (including phenoxy) is 3. The van der Waals surface area contributed by atoms with Crippen LogP contribution in [0.15, 0.2) is 18.2 Å². The molecule has 0 radical (unpaired) electrons. The van der Waals surface area contributed by atoms with Gasteiger partial charge in [-0.2, -0.15) is 0 Å². The van der Waals surface area contributed by atoms with E-state index in [0.717, 1.165) is 0 Å². The van der Waals surface area contributed by atoms with Gasteiger partial charge in [0.25, 0.3) is 0 Å². The molecular weight excluding hydrogens is 436 g/mol. The van der Waals surface area contributed by atoms with Gasteiger partial charge in [0, 0.05) is 24.8 Å². The highest BCUT2D eigenvalue weighted by atomic mass is 35.5. The first kappa shape index (κ1) is 27.1. The Labute approximate surface area is 194 Å². The fraction of sp³-hybridized carbons (Fsp3) is 0.522. The maximum atomic E-state index is 12.1. The Morgan fingerprint density at radius 2 is 1.94 bits per heavy atom. The summed E-state index contributed by atoms with van der Waals surface area (Å²) in [5.74, 6) is 5.69. The molecule has 0 aliphatic rings. The van der Waals surface area contributed by atoms with Gasteiger partial charge in [-0.1, -0.05) is 23.4 Å². The Morgan fingerprint density at radius 1 is 1.22 bits per heavy atom. The van der Waals surface area contributed by atoms with E-state index in [1.807, 2.05) is 0 Å². The van der Waals surface area contributed by atoms with Gasteiger partial charge < -0.3 is 25.3 Å². The number of primary amides is 1. The minimum absolute atomic E-state index is 0.0900. The molecule has 0 saturated heterocycles. The third-order valence-electron chi connectivity index (χ3n) is 3.98. The maximum absolute atomic E-state index is 12.1. The van der Waals surface area contributed by atoms with Gasteiger partial charge in [0.15, 0.2) is 0 Å². The molecule has 176 valence electrons. The molecular formula is C23H31ClN2O6. The molecule has 0 heterocycles. The summed E-state index contributed by atoms with van der Waals surface area (Å²) in [7, 11) is 1.35. The molecule has 0 aromatic heterocycles. The predicted octanol–water partition coefficient (Wildman–Crippen LogP) is 3.57. The second kappa shape index (κ2) is 13.5. The molecule has 0 unspecified atom stereocenters. The number of benzene rings is 1. The predicted molar refractivity (Wildman–Crippen MR) is 121 cm³/mol. The molecule has 0 aliphatic heterocycles. The van der Waals surface area contributed by atoms with E-state index < -0.39 is 23.6 Å². The van der Waals surface area contributed by atoms with Crippen molar-refractivity contribution in [2.45, 2.75) is 64.5 Å². The molecule has 0 saturated carbocycles. The van der Waals surface area contributed by atoms with E-state index in [-0.39, 0.29) is 19.0 Å². The van der Waals surface area contributed by atoms with E-state index in [9.17, 15) is 14.4 Å². The number of methoxy groups -OCH3 is 1. The lowest BCUT2D eigenvalue weighted by Gasteiger charge is -2.23. The Balaban J connectivity index is 2.74. The minimum atomic E-state index is -0.653. The number of unbranched alkanes of at least 4 members (excludes halogenated alkanes) is 1. The third-order valence-corrected chi connectivity index (χ3v) is 4.31. The highest BCUT2D eigenvalue weighted by molar-refractivity contribution is 6.31. The van der Waals surface area contributed by atoms with Crippen LogP contribution < -0.4 is 15.8 Å². The maximum Gasteiger partial charge on any atom is 0.407 e. The minimum Gasteiger partial charge on any atom is -0.491 e. The van der Waals surface area contributed by atoms with Crippen molar-refractivity contribution in [2.24, 2.45) is 5.73 Å². The van der Waals surface area contributed by atoms with Crippen LogP contribution in [-0.2, 0) is 19.1 Å². The summed E-state index contributed by atoms with van der Waals surface area (Å²) >= 11 is 6.20. The molecule has 2 amide bonds. The monoisotopic (exact) mass is 466 g/mol. The van der Waals surface area contributed by atoms with Crippen molar-refractivity contribution in [3.05, 3.63) is 28.8 Å². The van der Waals surface area contributed by atoms with Crippen molar-refractivity contribution < 1.29 is 28.6 Å². The van der Waals surface area contributed by atoms with Crippen molar-refractivity contribution in [3.8, 4) is 17.6 Å². The largest absolute Gasteiger partial charge is 0.491 e. The van der Waals surface area contributed by atoms with Gasteiger partial charge >= 0.3 is 12.1 Å². The second-order valence-electron chi connectivity index (χ2n) is 8.03. The highest BCUT2D eigenvalue weighted by Crippen LogP contribution is 2.22.